The molecule has 0 saturated carbocycles. The first-order valence-corrected chi connectivity index (χ1v) is 11.9. The van der Waals surface area contributed by atoms with Crippen molar-refractivity contribution in [1.29, 1.82) is 0 Å². The van der Waals surface area contributed by atoms with Crippen LogP contribution >= 0.6 is 0 Å². The smallest absolute Gasteiger partial charge is 0.407 e. The van der Waals surface area contributed by atoms with E-state index in [2.05, 4.69) is 22.8 Å². The van der Waals surface area contributed by atoms with Gasteiger partial charge in [0.25, 0.3) is 0 Å². The minimum atomic E-state index is -0.958. The van der Waals surface area contributed by atoms with E-state index in [1.54, 1.807) is 0 Å². The molecule has 0 heterocycles. The number of ether oxygens (including phenoxy) is 2. The van der Waals surface area contributed by atoms with Crippen LogP contribution in [0.3, 0.4) is 0 Å². The maximum absolute atomic E-state index is 12.7. The van der Waals surface area contributed by atoms with E-state index in [4.69, 9.17) is 14.6 Å². The molecule has 188 valence electrons. The molecule has 0 spiro atoms. The molecule has 0 bridgehead atoms. The van der Waals surface area contributed by atoms with E-state index in [1.807, 2.05) is 50.2 Å². The Morgan fingerprint density at radius 2 is 1.60 bits per heavy atom. The maximum Gasteiger partial charge on any atom is 0.407 e. The molecule has 1 unspecified atom stereocenters. The van der Waals surface area contributed by atoms with Crippen LogP contribution in [0.2, 0.25) is 0 Å². The first kappa shape index (κ1) is 26.2. The molecule has 0 aromatic heterocycles. The Morgan fingerprint density at radius 1 is 1.00 bits per heavy atom. The Hall–Kier alpha value is -3.39. The molecule has 0 saturated heterocycles. The molecule has 8 heteroatoms. The van der Waals surface area contributed by atoms with Gasteiger partial charge in [0.1, 0.15) is 12.6 Å². The zero-order valence-electron chi connectivity index (χ0n) is 20.5. The van der Waals surface area contributed by atoms with E-state index < -0.39 is 24.0 Å². The number of amides is 2. The molecule has 8 nitrogen and oxygen atoms in total. The third-order valence-corrected chi connectivity index (χ3v) is 6.12. The lowest BCUT2D eigenvalue weighted by Crippen LogP contribution is -2.50. The third-order valence-electron chi connectivity index (χ3n) is 6.12. The lowest BCUT2D eigenvalue weighted by molar-refractivity contribution is -0.138. The van der Waals surface area contributed by atoms with E-state index in [0.29, 0.717) is 12.3 Å². The maximum atomic E-state index is 12.7. The van der Waals surface area contributed by atoms with Crippen LogP contribution in [-0.2, 0) is 19.1 Å². The van der Waals surface area contributed by atoms with Crippen LogP contribution in [0.4, 0.5) is 4.79 Å². The molecule has 2 aromatic carbocycles. The second kappa shape index (κ2) is 12.4. The van der Waals surface area contributed by atoms with Crippen LogP contribution in [0.5, 0.6) is 0 Å². The second-order valence-electron chi connectivity index (χ2n) is 9.32. The highest BCUT2D eigenvalue weighted by Crippen LogP contribution is 2.44. The van der Waals surface area contributed by atoms with Gasteiger partial charge in [0.15, 0.2) is 0 Å². The van der Waals surface area contributed by atoms with E-state index in [1.165, 1.54) is 7.11 Å². The van der Waals surface area contributed by atoms with Gasteiger partial charge in [-0.25, -0.2) is 4.79 Å². The predicted molar refractivity (Wildman–Crippen MR) is 132 cm³/mol. The Kier molecular flexibility index (Phi) is 9.25. The number of hydrogen-bond donors (Lipinski definition) is 3. The first-order chi connectivity index (χ1) is 16.8. The van der Waals surface area contributed by atoms with Crippen molar-refractivity contribution in [2.24, 2.45) is 11.8 Å². The highest BCUT2D eigenvalue weighted by atomic mass is 16.5. The second-order valence-corrected chi connectivity index (χ2v) is 9.32. The van der Waals surface area contributed by atoms with Crippen molar-refractivity contribution >= 4 is 18.0 Å². The SMILES string of the molecule is COCC(NC(=O)OCC1c2ccccc2-c2ccccc21)C(=O)NC[C@H](CC(=O)O)CC(C)C. The minimum Gasteiger partial charge on any atom is -0.481 e. The van der Waals surface area contributed by atoms with Gasteiger partial charge in [0.2, 0.25) is 5.91 Å². The van der Waals surface area contributed by atoms with Gasteiger partial charge in [-0.2, -0.15) is 0 Å². The van der Waals surface area contributed by atoms with Crippen LogP contribution in [0.1, 0.15) is 43.7 Å². The largest absolute Gasteiger partial charge is 0.481 e. The molecule has 0 radical (unpaired) electrons. The normalized spacial score (nSPS) is 14.1. The number of carbonyl (C=O) groups excluding carboxylic acids is 2. The number of alkyl carbamates (subject to hydrolysis) is 1. The van der Waals surface area contributed by atoms with E-state index in [0.717, 1.165) is 22.3 Å². The van der Waals surface area contributed by atoms with Crippen molar-refractivity contribution in [1.82, 2.24) is 10.6 Å². The summed E-state index contributed by atoms with van der Waals surface area (Å²) < 4.78 is 10.6. The molecule has 3 N–H and O–H groups in total. The number of carboxylic acid groups (broad SMARTS) is 1. The molecule has 1 aliphatic carbocycles. The zero-order valence-corrected chi connectivity index (χ0v) is 20.5. The number of rotatable bonds is 12. The third kappa shape index (κ3) is 7.05. The van der Waals surface area contributed by atoms with Crippen molar-refractivity contribution in [3.05, 3.63) is 59.7 Å². The predicted octanol–water partition coefficient (Wildman–Crippen LogP) is 3.79. The van der Waals surface area contributed by atoms with Gasteiger partial charge in [-0.15, -0.1) is 0 Å². The molecule has 35 heavy (non-hydrogen) atoms. The lowest BCUT2D eigenvalue weighted by Gasteiger charge is -2.22. The van der Waals surface area contributed by atoms with Gasteiger partial charge in [-0.3, -0.25) is 9.59 Å². The molecular formula is C27H34N2O6. The Labute approximate surface area is 206 Å². The number of hydrogen-bond acceptors (Lipinski definition) is 5. The highest BCUT2D eigenvalue weighted by Gasteiger charge is 2.30. The molecule has 0 aliphatic heterocycles. The van der Waals surface area contributed by atoms with Crippen LogP contribution < -0.4 is 10.6 Å². The topological polar surface area (TPSA) is 114 Å². The van der Waals surface area contributed by atoms with E-state index >= 15 is 0 Å². The van der Waals surface area contributed by atoms with Gasteiger partial charge >= 0.3 is 12.1 Å². The molecule has 3 rings (SSSR count). The van der Waals surface area contributed by atoms with Crippen LogP contribution in [-0.4, -0.2) is 56.0 Å². The molecule has 2 atom stereocenters. The summed E-state index contributed by atoms with van der Waals surface area (Å²) >= 11 is 0. The van der Waals surface area contributed by atoms with Gasteiger partial charge in [0, 0.05) is 26.0 Å². The number of benzene rings is 2. The average Bonchev–Trinajstić information content (AvgIpc) is 3.14. The fraction of sp³-hybridized carbons (Fsp3) is 0.444. The fourth-order valence-corrected chi connectivity index (χ4v) is 4.65. The molecule has 2 amide bonds. The number of carboxylic acids is 1. The Balaban J connectivity index is 1.58. The summed E-state index contributed by atoms with van der Waals surface area (Å²) in [5.74, 6) is -1.34. The van der Waals surface area contributed by atoms with Gasteiger partial charge in [-0.1, -0.05) is 62.4 Å². The summed E-state index contributed by atoms with van der Waals surface area (Å²) in [5.41, 5.74) is 4.46. The molecule has 1 aliphatic rings. The van der Waals surface area contributed by atoms with Crippen LogP contribution in [0.15, 0.2) is 48.5 Å². The summed E-state index contributed by atoms with van der Waals surface area (Å²) in [6, 6.07) is 15.1. The average molecular weight is 483 g/mol. The van der Waals surface area contributed by atoms with Crippen LogP contribution in [0.25, 0.3) is 11.1 Å². The quantitative estimate of drug-likeness (QED) is 0.424. The summed E-state index contributed by atoms with van der Waals surface area (Å²) in [4.78, 5) is 36.5. The van der Waals surface area contributed by atoms with Crippen molar-refractivity contribution < 1.29 is 29.0 Å². The van der Waals surface area contributed by atoms with Crippen molar-refractivity contribution in [3.8, 4) is 11.1 Å². The van der Waals surface area contributed by atoms with Gasteiger partial charge < -0.3 is 25.2 Å². The van der Waals surface area contributed by atoms with E-state index in [9.17, 15) is 14.4 Å². The molecule has 0 fully saturated rings. The van der Waals surface area contributed by atoms with Crippen LogP contribution in [0, 0.1) is 11.8 Å². The highest BCUT2D eigenvalue weighted by molar-refractivity contribution is 5.86. The lowest BCUT2D eigenvalue weighted by atomic mass is 9.94. The van der Waals surface area contributed by atoms with Crippen molar-refractivity contribution in [3.63, 3.8) is 0 Å². The first-order valence-electron chi connectivity index (χ1n) is 11.9. The summed E-state index contributed by atoms with van der Waals surface area (Å²) in [6.07, 6.45) is -0.0810. The Morgan fingerprint density at radius 3 is 2.14 bits per heavy atom. The summed E-state index contributed by atoms with van der Waals surface area (Å²) in [6.45, 7) is 4.31. The number of aliphatic carboxylic acids is 1. The fourth-order valence-electron chi connectivity index (χ4n) is 4.65. The number of methoxy groups -OCH3 is 1. The molecular weight excluding hydrogens is 448 g/mol. The van der Waals surface area contributed by atoms with Gasteiger partial charge in [-0.05, 0) is 40.5 Å². The van der Waals surface area contributed by atoms with Crippen molar-refractivity contribution in [2.45, 2.75) is 38.6 Å². The molecule has 2 aromatic rings. The zero-order chi connectivity index (χ0) is 25.4. The standard InChI is InChI=1S/C27H34N2O6/c1-17(2)12-18(13-25(30)31)14-28-26(32)24(16-34-3)29-27(33)35-15-23-21-10-6-4-8-19(21)20-9-5-7-11-22(20)23/h4-11,17-18,23-24H,12-16H2,1-3H3,(H,28,32)(H,29,33)(H,30,31)/t18-,24?/m0/s1. The Bertz CT molecular complexity index is 992. The number of carbonyl (C=O) groups is 3. The van der Waals surface area contributed by atoms with E-state index in [-0.39, 0.29) is 38.0 Å². The van der Waals surface area contributed by atoms with Gasteiger partial charge in [0.05, 0.1) is 6.61 Å². The number of nitrogens with one attached hydrogen (secondary N) is 2. The summed E-state index contributed by atoms with van der Waals surface area (Å²) in [5, 5.41) is 14.5. The summed E-state index contributed by atoms with van der Waals surface area (Å²) in [7, 11) is 1.44. The van der Waals surface area contributed by atoms with Crippen molar-refractivity contribution in [2.75, 3.05) is 26.9 Å². The number of fused-ring (bicyclic) bond motifs is 3. The monoisotopic (exact) mass is 482 g/mol. The minimum absolute atomic E-state index is 0.0345.